The first kappa shape index (κ1) is 18.2. The van der Waals surface area contributed by atoms with E-state index in [-0.39, 0.29) is 4.99 Å². The molecule has 0 aliphatic heterocycles. The second kappa shape index (κ2) is 7.61. The van der Waals surface area contributed by atoms with E-state index < -0.39 is 16.4 Å². The first-order valence-corrected chi connectivity index (χ1v) is 8.48. The van der Waals surface area contributed by atoms with Gasteiger partial charge in [-0.3, -0.25) is 9.88 Å². The van der Waals surface area contributed by atoms with E-state index in [0.29, 0.717) is 11.1 Å². The standard InChI is InChI=1S/C16H21N3O4S/c1-17-15(24(21)22)11-5-6-14-13(9-11)12(7-8-18(2)3)10-19(14)16(20)23-4/h5-6,9-10,17H,7-8H2,1-4H3. The molecule has 0 amide bonds. The quantitative estimate of drug-likeness (QED) is 0.826. The van der Waals surface area contributed by atoms with Crippen LogP contribution in [-0.2, 0) is 21.5 Å². The van der Waals surface area contributed by atoms with Crippen LogP contribution in [0, 0.1) is 0 Å². The topological polar surface area (TPSA) is 80.6 Å². The van der Waals surface area contributed by atoms with E-state index in [2.05, 4.69) is 5.32 Å². The molecule has 0 unspecified atom stereocenters. The molecule has 2 rings (SSSR count). The summed E-state index contributed by atoms with van der Waals surface area (Å²) in [4.78, 5) is 14.1. The van der Waals surface area contributed by atoms with E-state index in [4.69, 9.17) is 4.74 Å². The van der Waals surface area contributed by atoms with Crippen LogP contribution in [0.2, 0.25) is 0 Å². The Balaban J connectivity index is 2.65. The lowest BCUT2D eigenvalue weighted by atomic mass is 10.1. The number of carbonyl (C=O) groups excluding carboxylic acids is 1. The summed E-state index contributed by atoms with van der Waals surface area (Å²) in [5.41, 5.74) is 2.19. The summed E-state index contributed by atoms with van der Waals surface area (Å²) in [7, 11) is 4.46. The van der Waals surface area contributed by atoms with Gasteiger partial charge in [0, 0.05) is 23.7 Å². The minimum Gasteiger partial charge on any atom is -0.452 e. The minimum atomic E-state index is -2.37. The largest absolute Gasteiger partial charge is 0.452 e. The average Bonchev–Trinajstić information content (AvgIpc) is 2.90. The van der Waals surface area contributed by atoms with Gasteiger partial charge in [0.25, 0.3) is 0 Å². The van der Waals surface area contributed by atoms with Crippen molar-refractivity contribution in [1.82, 2.24) is 14.8 Å². The third-order valence-electron chi connectivity index (χ3n) is 3.74. The normalized spacial score (nSPS) is 11.0. The number of likely N-dealkylation sites (N-methyl/N-ethyl adjacent to an activating group) is 1. The Hall–Kier alpha value is -2.16. The van der Waals surface area contributed by atoms with Gasteiger partial charge in [-0.2, -0.15) is 8.42 Å². The molecule has 0 bridgehead atoms. The third-order valence-corrected chi connectivity index (χ3v) is 4.52. The molecule has 0 aliphatic rings. The predicted octanol–water partition coefficient (Wildman–Crippen LogP) is 0.936. The van der Waals surface area contributed by atoms with Gasteiger partial charge in [-0.05, 0) is 45.3 Å². The molecule has 130 valence electrons. The smallest absolute Gasteiger partial charge is 0.418 e. The maximum atomic E-state index is 12.0. The number of aromatic nitrogens is 1. The monoisotopic (exact) mass is 351 g/mol. The molecule has 0 fully saturated rings. The number of carbonyl (C=O) groups is 1. The van der Waals surface area contributed by atoms with Crippen LogP contribution in [0.4, 0.5) is 4.79 Å². The number of hydrogen-bond acceptors (Lipinski definition) is 5. The van der Waals surface area contributed by atoms with Gasteiger partial charge in [0.2, 0.25) is 10.3 Å². The van der Waals surface area contributed by atoms with Crippen LogP contribution in [0.25, 0.3) is 10.9 Å². The highest BCUT2D eigenvalue weighted by atomic mass is 32.2. The van der Waals surface area contributed by atoms with Crippen molar-refractivity contribution in [2.45, 2.75) is 6.42 Å². The Bertz CT molecular complexity index is 889. The number of ether oxygens (including phenoxy) is 1. The summed E-state index contributed by atoms with van der Waals surface area (Å²) in [6, 6.07) is 5.17. The molecule has 24 heavy (non-hydrogen) atoms. The summed E-state index contributed by atoms with van der Waals surface area (Å²) in [5, 5.41) is 3.52. The zero-order valence-electron chi connectivity index (χ0n) is 14.2. The Labute approximate surface area is 142 Å². The van der Waals surface area contributed by atoms with Crippen molar-refractivity contribution >= 4 is 32.3 Å². The van der Waals surface area contributed by atoms with Crippen LogP contribution in [-0.4, -0.2) is 63.8 Å². The van der Waals surface area contributed by atoms with Crippen LogP contribution in [0.1, 0.15) is 11.1 Å². The Morgan fingerprint density at radius 1 is 1.33 bits per heavy atom. The molecule has 1 aromatic carbocycles. The van der Waals surface area contributed by atoms with Gasteiger partial charge in [-0.25, -0.2) is 4.79 Å². The zero-order chi connectivity index (χ0) is 17.9. The van der Waals surface area contributed by atoms with Crippen molar-refractivity contribution in [3.8, 4) is 0 Å². The maximum Gasteiger partial charge on any atom is 0.418 e. The molecule has 1 aromatic heterocycles. The Morgan fingerprint density at radius 3 is 2.58 bits per heavy atom. The molecule has 8 heteroatoms. The third kappa shape index (κ3) is 3.66. The van der Waals surface area contributed by atoms with Gasteiger partial charge < -0.3 is 9.64 Å². The molecule has 2 aromatic rings. The summed E-state index contributed by atoms with van der Waals surface area (Å²) in [6.07, 6.45) is 2.00. The van der Waals surface area contributed by atoms with E-state index in [0.717, 1.165) is 23.9 Å². The summed E-state index contributed by atoms with van der Waals surface area (Å²) in [5.74, 6) is 0. The maximum absolute atomic E-state index is 12.0. The summed E-state index contributed by atoms with van der Waals surface area (Å²) in [6.45, 7) is 0.806. The number of nitrogens with zero attached hydrogens (tertiary/aromatic N) is 2. The average molecular weight is 351 g/mol. The van der Waals surface area contributed by atoms with Crippen LogP contribution < -0.4 is 5.32 Å². The Morgan fingerprint density at radius 2 is 2.04 bits per heavy atom. The molecule has 0 radical (unpaired) electrons. The predicted molar refractivity (Wildman–Crippen MR) is 94.1 cm³/mol. The van der Waals surface area contributed by atoms with E-state index in [1.165, 1.54) is 11.7 Å². The number of rotatable bonds is 4. The molecule has 0 saturated heterocycles. The van der Waals surface area contributed by atoms with Crippen molar-refractivity contribution in [3.63, 3.8) is 0 Å². The van der Waals surface area contributed by atoms with E-state index >= 15 is 0 Å². The van der Waals surface area contributed by atoms with Crippen LogP contribution >= 0.6 is 0 Å². The van der Waals surface area contributed by atoms with Gasteiger partial charge in [-0.1, -0.05) is 6.07 Å². The summed E-state index contributed by atoms with van der Waals surface area (Å²) >= 11 is 0. The highest BCUT2D eigenvalue weighted by Crippen LogP contribution is 2.24. The molecule has 1 N–H and O–H groups in total. The number of methoxy groups -OCH3 is 1. The minimum absolute atomic E-state index is 0.112. The van der Waals surface area contributed by atoms with E-state index in [9.17, 15) is 13.2 Å². The molecule has 0 saturated carbocycles. The van der Waals surface area contributed by atoms with Gasteiger partial charge in [0.15, 0.2) is 0 Å². The fourth-order valence-corrected chi connectivity index (χ4v) is 3.04. The van der Waals surface area contributed by atoms with Crippen molar-refractivity contribution in [2.75, 3.05) is 34.8 Å². The molecule has 0 atom stereocenters. The molecule has 1 heterocycles. The first-order chi connectivity index (χ1) is 11.4. The SMILES string of the molecule is CNC(c1ccc2c(c1)c(CCN(C)C)cn2C(=O)OC)=S(=O)=O. The molecule has 0 aliphatic carbocycles. The molecule has 7 nitrogen and oxygen atoms in total. The van der Waals surface area contributed by atoms with Crippen molar-refractivity contribution in [3.05, 3.63) is 35.5 Å². The Kier molecular flexibility index (Phi) is 5.76. The zero-order valence-corrected chi connectivity index (χ0v) is 15.0. The lowest BCUT2D eigenvalue weighted by Gasteiger charge is -2.08. The lowest BCUT2D eigenvalue weighted by Crippen LogP contribution is -2.20. The van der Waals surface area contributed by atoms with E-state index in [1.807, 2.05) is 19.0 Å². The number of fused-ring (bicyclic) bond motifs is 1. The number of benzene rings is 1. The van der Waals surface area contributed by atoms with Gasteiger partial charge in [0.1, 0.15) is 4.99 Å². The van der Waals surface area contributed by atoms with Gasteiger partial charge in [-0.15, -0.1) is 0 Å². The van der Waals surface area contributed by atoms with Crippen molar-refractivity contribution in [2.24, 2.45) is 0 Å². The second-order valence-electron chi connectivity index (χ2n) is 5.59. The van der Waals surface area contributed by atoms with Crippen LogP contribution in [0.5, 0.6) is 0 Å². The number of nitrogens with one attached hydrogen (secondary N) is 1. The highest BCUT2D eigenvalue weighted by Gasteiger charge is 2.16. The molecular weight excluding hydrogens is 330 g/mol. The van der Waals surface area contributed by atoms with E-state index in [1.54, 1.807) is 31.4 Å². The number of hydrogen-bond donors (Lipinski definition) is 1. The second-order valence-corrected chi connectivity index (χ2v) is 6.47. The molecular formula is C16H21N3O4S. The highest BCUT2D eigenvalue weighted by molar-refractivity contribution is 7.73. The first-order valence-electron chi connectivity index (χ1n) is 7.40. The van der Waals surface area contributed by atoms with Gasteiger partial charge >= 0.3 is 6.09 Å². The lowest BCUT2D eigenvalue weighted by molar-refractivity contribution is 0.174. The fourth-order valence-electron chi connectivity index (χ4n) is 2.56. The summed E-state index contributed by atoms with van der Waals surface area (Å²) < 4.78 is 28.9. The van der Waals surface area contributed by atoms with Gasteiger partial charge in [0.05, 0.1) is 12.6 Å². The van der Waals surface area contributed by atoms with Crippen molar-refractivity contribution in [1.29, 1.82) is 0 Å². The van der Waals surface area contributed by atoms with Crippen LogP contribution in [0.3, 0.4) is 0 Å². The fraction of sp³-hybridized carbons (Fsp3) is 0.375. The van der Waals surface area contributed by atoms with Crippen LogP contribution in [0.15, 0.2) is 24.4 Å². The van der Waals surface area contributed by atoms with Crippen molar-refractivity contribution < 1.29 is 17.9 Å². The molecule has 0 spiro atoms.